The number of fused-ring (bicyclic) bond motifs is 2. The molecule has 0 saturated carbocycles. The van der Waals surface area contributed by atoms with Gasteiger partial charge < -0.3 is 9.47 Å². The second kappa shape index (κ2) is 7.47. The first-order valence-corrected chi connectivity index (χ1v) is 9.64. The molecule has 2 aliphatic rings. The van der Waals surface area contributed by atoms with E-state index in [0.717, 1.165) is 25.7 Å². The highest BCUT2D eigenvalue weighted by atomic mass is 32.2. The van der Waals surface area contributed by atoms with Crippen LogP contribution in [0.1, 0.15) is 38.5 Å². The summed E-state index contributed by atoms with van der Waals surface area (Å²) in [5, 5.41) is 0.484. The molecule has 23 heavy (non-hydrogen) atoms. The highest BCUT2D eigenvalue weighted by molar-refractivity contribution is 7.86. The zero-order chi connectivity index (χ0) is 16.2. The Labute approximate surface area is 140 Å². The van der Waals surface area contributed by atoms with Gasteiger partial charge in [0.25, 0.3) is 0 Å². The summed E-state index contributed by atoms with van der Waals surface area (Å²) < 4.78 is 23.1. The number of hydrogen-bond donors (Lipinski definition) is 0. The first-order chi connectivity index (χ1) is 11.2. The lowest BCUT2D eigenvalue weighted by Gasteiger charge is -2.37. The Morgan fingerprint density at radius 1 is 1.17 bits per heavy atom. The molecule has 0 spiro atoms. The van der Waals surface area contributed by atoms with E-state index in [2.05, 4.69) is 0 Å². The third-order valence-corrected chi connectivity index (χ3v) is 7.10. The minimum Gasteiger partial charge on any atom is -0.493 e. The number of para-hydroxylation sites is 2. The SMILES string of the molecule is COc1ccccc1OCCC(=O)C1CC2CCCC(C1)S2=O. The minimum atomic E-state index is -0.713. The molecule has 126 valence electrons. The largest absolute Gasteiger partial charge is 0.493 e. The predicted molar refractivity (Wildman–Crippen MR) is 90.4 cm³/mol. The van der Waals surface area contributed by atoms with Gasteiger partial charge in [-0.05, 0) is 37.8 Å². The number of methoxy groups -OCH3 is 1. The van der Waals surface area contributed by atoms with Crippen molar-refractivity contribution in [2.75, 3.05) is 13.7 Å². The molecule has 3 rings (SSSR count). The van der Waals surface area contributed by atoms with Crippen molar-refractivity contribution < 1.29 is 18.5 Å². The van der Waals surface area contributed by atoms with E-state index in [-0.39, 0.29) is 22.2 Å². The number of Topliss-reactive ketones (excluding diaryl/α,β-unsaturated/α-hetero) is 1. The van der Waals surface area contributed by atoms with Gasteiger partial charge in [0.05, 0.1) is 13.7 Å². The van der Waals surface area contributed by atoms with Crippen LogP contribution < -0.4 is 9.47 Å². The summed E-state index contributed by atoms with van der Waals surface area (Å²) in [6.45, 7) is 0.369. The molecule has 1 aromatic carbocycles. The van der Waals surface area contributed by atoms with E-state index in [4.69, 9.17) is 9.47 Å². The molecule has 0 amide bonds. The van der Waals surface area contributed by atoms with E-state index in [1.807, 2.05) is 24.3 Å². The van der Waals surface area contributed by atoms with Gasteiger partial charge >= 0.3 is 0 Å². The molecular formula is C18H24O4S. The fraction of sp³-hybridized carbons (Fsp3) is 0.611. The molecular weight excluding hydrogens is 312 g/mol. The third kappa shape index (κ3) is 3.77. The smallest absolute Gasteiger partial charge is 0.161 e. The topological polar surface area (TPSA) is 52.6 Å². The van der Waals surface area contributed by atoms with E-state index in [1.54, 1.807) is 7.11 Å². The molecule has 2 bridgehead atoms. The Hall–Kier alpha value is -1.36. The number of benzene rings is 1. The summed E-state index contributed by atoms with van der Waals surface area (Å²) in [4.78, 5) is 12.5. The van der Waals surface area contributed by atoms with Crippen LogP contribution in [0.4, 0.5) is 0 Å². The van der Waals surface area contributed by atoms with Crippen LogP contribution in [0, 0.1) is 5.92 Å². The summed E-state index contributed by atoms with van der Waals surface area (Å²) >= 11 is 0. The Morgan fingerprint density at radius 2 is 1.83 bits per heavy atom. The van der Waals surface area contributed by atoms with Gasteiger partial charge in [-0.1, -0.05) is 18.6 Å². The average Bonchev–Trinajstić information content (AvgIpc) is 2.55. The molecule has 2 unspecified atom stereocenters. The number of carbonyl (C=O) groups excluding carboxylic acids is 1. The van der Waals surface area contributed by atoms with Crippen LogP contribution >= 0.6 is 0 Å². The van der Waals surface area contributed by atoms with E-state index < -0.39 is 10.8 Å². The van der Waals surface area contributed by atoms with Crippen molar-refractivity contribution in [1.29, 1.82) is 0 Å². The predicted octanol–water partition coefficient (Wildman–Crippen LogP) is 3.11. The van der Waals surface area contributed by atoms with Crippen LogP contribution in [0.5, 0.6) is 11.5 Å². The zero-order valence-corrected chi connectivity index (χ0v) is 14.3. The van der Waals surface area contributed by atoms with Crippen molar-refractivity contribution in [3.63, 3.8) is 0 Å². The maximum atomic E-state index is 12.5. The molecule has 0 aliphatic carbocycles. The Balaban J connectivity index is 1.51. The van der Waals surface area contributed by atoms with Crippen molar-refractivity contribution in [3.05, 3.63) is 24.3 Å². The highest BCUT2D eigenvalue weighted by Gasteiger charge is 2.40. The lowest BCUT2D eigenvalue weighted by Crippen LogP contribution is -2.41. The molecule has 0 radical (unpaired) electrons. The van der Waals surface area contributed by atoms with Crippen molar-refractivity contribution in [1.82, 2.24) is 0 Å². The van der Waals surface area contributed by atoms with E-state index in [0.29, 0.717) is 24.5 Å². The molecule has 2 aliphatic heterocycles. The lowest BCUT2D eigenvalue weighted by molar-refractivity contribution is -0.124. The molecule has 4 nitrogen and oxygen atoms in total. The van der Waals surface area contributed by atoms with E-state index in [1.165, 1.54) is 6.42 Å². The second-order valence-electron chi connectivity index (χ2n) is 6.39. The number of ketones is 1. The van der Waals surface area contributed by atoms with Gasteiger partial charge in [0.1, 0.15) is 5.78 Å². The maximum Gasteiger partial charge on any atom is 0.161 e. The third-order valence-electron chi connectivity index (χ3n) is 4.93. The summed E-state index contributed by atoms with van der Waals surface area (Å²) in [7, 11) is 0.892. The number of carbonyl (C=O) groups is 1. The van der Waals surface area contributed by atoms with Crippen molar-refractivity contribution >= 4 is 16.6 Å². The standard InChI is InChI=1S/C18H24O4S/c1-21-17-7-2-3-8-18(17)22-10-9-16(19)13-11-14-5-4-6-15(12-13)23(14)20/h2-3,7-8,13-15H,4-6,9-12H2,1H3. The molecule has 2 fully saturated rings. The molecule has 0 N–H and O–H groups in total. The van der Waals surface area contributed by atoms with Crippen molar-refractivity contribution in [2.24, 2.45) is 5.92 Å². The number of rotatable bonds is 6. The first-order valence-electron chi connectivity index (χ1n) is 8.37. The highest BCUT2D eigenvalue weighted by Crippen LogP contribution is 2.37. The number of ether oxygens (including phenoxy) is 2. The van der Waals surface area contributed by atoms with E-state index in [9.17, 15) is 9.00 Å². The number of hydrogen-bond acceptors (Lipinski definition) is 4. The Morgan fingerprint density at radius 3 is 2.48 bits per heavy atom. The first kappa shape index (κ1) is 16.5. The monoisotopic (exact) mass is 336 g/mol. The van der Waals surface area contributed by atoms with Gasteiger partial charge in [0.15, 0.2) is 11.5 Å². The minimum absolute atomic E-state index is 0.0734. The van der Waals surface area contributed by atoms with Crippen LogP contribution in [0.25, 0.3) is 0 Å². The Bertz CT molecular complexity index is 570. The fourth-order valence-electron chi connectivity index (χ4n) is 3.70. The summed E-state index contributed by atoms with van der Waals surface area (Å²) in [6, 6.07) is 7.46. The van der Waals surface area contributed by atoms with Crippen molar-refractivity contribution in [3.8, 4) is 11.5 Å². The maximum absolute atomic E-state index is 12.5. The van der Waals surface area contributed by atoms with Gasteiger partial charge in [-0.3, -0.25) is 9.00 Å². The quantitative estimate of drug-likeness (QED) is 0.801. The molecule has 5 heteroatoms. The van der Waals surface area contributed by atoms with Crippen LogP contribution in [0.3, 0.4) is 0 Å². The molecule has 2 atom stereocenters. The Kier molecular flexibility index (Phi) is 5.36. The van der Waals surface area contributed by atoms with Crippen LogP contribution in [0.2, 0.25) is 0 Å². The summed E-state index contributed by atoms with van der Waals surface area (Å²) in [5.74, 6) is 1.68. The van der Waals surface area contributed by atoms with Crippen LogP contribution in [-0.4, -0.2) is 34.2 Å². The van der Waals surface area contributed by atoms with Gasteiger partial charge in [-0.15, -0.1) is 0 Å². The molecule has 2 heterocycles. The fourth-order valence-corrected chi connectivity index (χ4v) is 5.89. The van der Waals surface area contributed by atoms with Crippen molar-refractivity contribution in [2.45, 2.75) is 49.0 Å². The lowest BCUT2D eigenvalue weighted by atomic mass is 9.86. The second-order valence-corrected chi connectivity index (χ2v) is 8.38. The normalized spacial score (nSPS) is 29.8. The van der Waals surface area contributed by atoms with Gasteiger partial charge in [-0.2, -0.15) is 0 Å². The zero-order valence-electron chi connectivity index (χ0n) is 13.5. The van der Waals surface area contributed by atoms with Gasteiger partial charge in [0, 0.05) is 33.6 Å². The summed E-state index contributed by atoms with van der Waals surface area (Å²) in [6.07, 6.45) is 5.22. The van der Waals surface area contributed by atoms with Crippen LogP contribution in [-0.2, 0) is 15.6 Å². The molecule has 2 saturated heterocycles. The molecule has 1 aromatic rings. The van der Waals surface area contributed by atoms with E-state index >= 15 is 0 Å². The summed E-state index contributed by atoms with van der Waals surface area (Å²) in [5.41, 5.74) is 0. The van der Waals surface area contributed by atoms with Gasteiger partial charge in [0.2, 0.25) is 0 Å². The van der Waals surface area contributed by atoms with Crippen LogP contribution in [0.15, 0.2) is 24.3 Å². The average molecular weight is 336 g/mol. The van der Waals surface area contributed by atoms with Gasteiger partial charge in [-0.25, -0.2) is 0 Å². The molecule has 0 aromatic heterocycles.